The predicted molar refractivity (Wildman–Crippen MR) is 69.2 cm³/mol. The molecule has 2 rings (SSSR count). The molecular formula is C15H23N. The third-order valence-electron chi connectivity index (χ3n) is 4.12. The molecule has 0 heterocycles. The Kier molecular flexibility index (Phi) is 4.00. The minimum atomic E-state index is 0.712. The van der Waals surface area contributed by atoms with Crippen LogP contribution in [-0.2, 0) is 6.54 Å². The normalized spacial score (nSPS) is 30.2. The topological polar surface area (TPSA) is 12.0 Å². The largest absolute Gasteiger partial charge is 0.310 e. The van der Waals surface area contributed by atoms with Crippen LogP contribution in [0.15, 0.2) is 30.3 Å². The van der Waals surface area contributed by atoms with Crippen LogP contribution in [0.1, 0.15) is 38.7 Å². The minimum Gasteiger partial charge on any atom is -0.310 e. The van der Waals surface area contributed by atoms with Gasteiger partial charge in [0.15, 0.2) is 0 Å². The molecule has 16 heavy (non-hydrogen) atoms. The molecular weight excluding hydrogens is 194 g/mol. The monoisotopic (exact) mass is 217 g/mol. The van der Waals surface area contributed by atoms with Gasteiger partial charge in [-0.3, -0.25) is 0 Å². The van der Waals surface area contributed by atoms with Gasteiger partial charge < -0.3 is 5.32 Å². The Balaban J connectivity index is 1.85. The van der Waals surface area contributed by atoms with E-state index in [9.17, 15) is 0 Å². The number of hydrogen-bond donors (Lipinski definition) is 1. The fourth-order valence-corrected chi connectivity index (χ4v) is 2.71. The Bertz CT molecular complexity index is 306. The third-order valence-corrected chi connectivity index (χ3v) is 4.12. The van der Waals surface area contributed by atoms with E-state index in [1.807, 2.05) is 0 Å². The lowest BCUT2D eigenvalue weighted by molar-refractivity contribution is 0.206. The van der Waals surface area contributed by atoms with Gasteiger partial charge in [-0.2, -0.15) is 0 Å². The lowest BCUT2D eigenvalue weighted by Crippen LogP contribution is -2.40. The van der Waals surface area contributed by atoms with E-state index in [1.165, 1.54) is 24.8 Å². The van der Waals surface area contributed by atoms with E-state index < -0.39 is 0 Å². The van der Waals surface area contributed by atoms with Crippen LogP contribution < -0.4 is 5.32 Å². The van der Waals surface area contributed by atoms with Gasteiger partial charge in [-0.15, -0.1) is 0 Å². The Hall–Kier alpha value is -0.820. The van der Waals surface area contributed by atoms with Gasteiger partial charge in [0.05, 0.1) is 0 Å². The Morgan fingerprint density at radius 2 is 1.88 bits per heavy atom. The molecule has 0 radical (unpaired) electrons. The average Bonchev–Trinajstić information content (AvgIpc) is 2.32. The summed E-state index contributed by atoms with van der Waals surface area (Å²) < 4.78 is 0. The summed E-state index contributed by atoms with van der Waals surface area (Å²) in [6, 6.07) is 11.4. The van der Waals surface area contributed by atoms with Crippen molar-refractivity contribution in [1.82, 2.24) is 5.32 Å². The highest BCUT2D eigenvalue weighted by Gasteiger charge is 2.26. The van der Waals surface area contributed by atoms with E-state index in [0.717, 1.165) is 18.4 Å². The zero-order valence-electron chi connectivity index (χ0n) is 10.4. The zero-order chi connectivity index (χ0) is 11.4. The summed E-state index contributed by atoms with van der Waals surface area (Å²) >= 11 is 0. The van der Waals surface area contributed by atoms with Crippen LogP contribution in [-0.4, -0.2) is 6.04 Å². The van der Waals surface area contributed by atoms with Crippen LogP contribution in [0.4, 0.5) is 0 Å². The van der Waals surface area contributed by atoms with Crippen molar-refractivity contribution in [3.63, 3.8) is 0 Å². The standard InChI is InChI=1S/C15H23N/c1-12-7-6-10-15(13(12)2)16-11-14-8-4-3-5-9-14/h3-5,8-9,12-13,15-16H,6-7,10-11H2,1-2H3/t12-,13+,15-/m0/s1. The first kappa shape index (κ1) is 11.7. The van der Waals surface area contributed by atoms with Crippen LogP contribution >= 0.6 is 0 Å². The molecule has 0 amide bonds. The Morgan fingerprint density at radius 1 is 1.12 bits per heavy atom. The van der Waals surface area contributed by atoms with Gasteiger partial charge in [0.2, 0.25) is 0 Å². The molecule has 1 N–H and O–H groups in total. The molecule has 0 aliphatic heterocycles. The van der Waals surface area contributed by atoms with E-state index in [2.05, 4.69) is 49.5 Å². The third kappa shape index (κ3) is 2.85. The molecule has 1 aromatic carbocycles. The van der Waals surface area contributed by atoms with Crippen LogP contribution in [0.25, 0.3) is 0 Å². The molecule has 0 unspecified atom stereocenters. The molecule has 1 heteroatoms. The van der Waals surface area contributed by atoms with Gasteiger partial charge in [0.25, 0.3) is 0 Å². The second-order valence-corrected chi connectivity index (χ2v) is 5.24. The van der Waals surface area contributed by atoms with Gasteiger partial charge in [0.1, 0.15) is 0 Å². The molecule has 1 fully saturated rings. The van der Waals surface area contributed by atoms with Gasteiger partial charge in [-0.05, 0) is 23.8 Å². The summed E-state index contributed by atoms with van der Waals surface area (Å²) in [4.78, 5) is 0. The van der Waals surface area contributed by atoms with E-state index in [1.54, 1.807) is 0 Å². The van der Waals surface area contributed by atoms with E-state index >= 15 is 0 Å². The summed E-state index contributed by atoms with van der Waals surface area (Å²) in [5.41, 5.74) is 1.40. The highest BCUT2D eigenvalue weighted by Crippen LogP contribution is 2.29. The summed E-state index contributed by atoms with van der Waals surface area (Å²) in [7, 11) is 0. The quantitative estimate of drug-likeness (QED) is 0.815. The Morgan fingerprint density at radius 3 is 2.62 bits per heavy atom. The molecule has 0 saturated heterocycles. The highest BCUT2D eigenvalue weighted by molar-refractivity contribution is 5.14. The maximum atomic E-state index is 3.72. The van der Waals surface area contributed by atoms with E-state index in [-0.39, 0.29) is 0 Å². The average molecular weight is 217 g/mol. The maximum absolute atomic E-state index is 3.72. The van der Waals surface area contributed by atoms with Crippen LogP contribution in [0.3, 0.4) is 0 Å². The number of rotatable bonds is 3. The molecule has 0 bridgehead atoms. The first-order valence-electron chi connectivity index (χ1n) is 6.54. The lowest BCUT2D eigenvalue weighted by atomic mass is 9.78. The summed E-state index contributed by atoms with van der Waals surface area (Å²) in [5.74, 6) is 1.69. The van der Waals surface area contributed by atoms with Crippen molar-refractivity contribution in [2.75, 3.05) is 0 Å². The smallest absolute Gasteiger partial charge is 0.0208 e. The second-order valence-electron chi connectivity index (χ2n) is 5.24. The van der Waals surface area contributed by atoms with Crippen LogP contribution in [0.5, 0.6) is 0 Å². The maximum Gasteiger partial charge on any atom is 0.0208 e. The first-order chi connectivity index (χ1) is 7.77. The van der Waals surface area contributed by atoms with Crippen molar-refractivity contribution < 1.29 is 0 Å². The van der Waals surface area contributed by atoms with Crippen molar-refractivity contribution in [3.05, 3.63) is 35.9 Å². The van der Waals surface area contributed by atoms with Gasteiger partial charge >= 0.3 is 0 Å². The number of hydrogen-bond acceptors (Lipinski definition) is 1. The molecule has 1 aliphatic rings. The molecule has 1 saturated carbocycles. The fourth-order valence-electron chi connectivity index (χ4n) is 2.71. The van der Waals surface area contributed by atoms with Crippen molar-refractivity contribution in [3.8, 4) is 0 Å². The Labute approximate surface area is 99.3 Å². The molecule has 0 spiro atoms. The molecule has 1 aromatic rings. The predicted octanol–water partition coefficient (Wildman–Crippen LogP) is 3.60. The zero-order valence-corrected chi connectivity index (χ0v) is 10.4. The second kappa shape index (κ2) is 5.49. The summed E-state index contributed by atoms with van der Waals surface area (Å²) in [5, 5.41) is 3.72. The summed E-state index contributed by atoms with van der Waals surface area (Å²) in [6.45, 7) is 5.80. The molecule has 3 atom stereocenters. The first-order valence-corrected chi connectivity index (χ1v) is 6.54. The highest BCUT2D eigenvalue weighted by atomic mass is 14.9. The van der Waals surface area contributed by atoms with E-state index in [4.69, 9.17) is 0 Å². The molecule has 1 nitrogen and oxygen atoms in total. The fraction of sp³-hybridized carbons (Fsp3) is 0.600. The lowest BCUT2D eigenvalue weighted by Gasteiger charge is -2.34. The van der Waals surface area contributed by atoms with Gasteiger partial charge in [0, 0.05) is 12.6 Å². The molecule has 1 aliphatic carbocycles. The van der Waals surface area contributed by atoms with Crippen molar-refractivity contribution in [1.29, 1.82) is 0 Å². The minimum absolute atomic E-state index is 0.712. The van der Waals surface area contributed by atoms with Crippen molar-refractivity contribution in [2.45, 2.75) is 45.7 Å². The van der Waals surface area contributed by atoms with Crippen molar-refractivity contribution >= 4 is 0 Å². The van der Waals surface area contributed by atoms with Crippen LogP contribution in [0, 0.1) is 11.8 Å². The van der Waals surface area contributed by atoms with Crippen LogP contribution in [0.2, 0.25) is 0 Å². The van der Waals surface area contributed by atoms with E-state index in [0.29, 0.717) is 6.04 Å². The molecule has 0 aromatic heterocycles. The van der Waals surface area contributed by atoms with Gasteiger partial charge in [-0.1, -0.05) is 57.0 Å². The summed E-state index contributed by atoms with van der Waals surface area (Å²) in [6.07, 6.45) is 4.14. The number of benzene rings is 1. The SMILES string of the molecule is C[C@H]1[C@@H](NCc2ccccc2)CCC[C@@H]1C. The number of nitrogens with one attached hydrogen (secondary N) is 1. The molecule has 88 valence electrons. The van der Waals surface area contributed by atoms with Gasteiger partial charge in [-0.25, -0.2) is 0 Å². The van der Waals surface area contributed by atoms with Crippen molar-refractivity contribution in [2.24, 2.45) is 11.8 Å².